The predicted molar refractivity (Wildman–Crippen MR) is 60.8 cm³/mol. The Morgan fingerprint density at radius 2 is 2.00 bits per heavy atom. The van der Waals surface area contributed by atoms with Crippen LogP contribution in [0.15, 0.2) is 18.2 Å². The number of ether oxygens (including phenoxy) is 1. The standard InChI is InChI=1S/C13H15NO2/c1-9-5-4-6-10(2)12(9)8-16-13(7-14)11(3)15/h4-6,13H,8H2,1-3H3. The van der Waals surface area contributed by atoms with Crippen LogP contribution in [0.2, 0.25) is 0 Å². The first-order chi connectivity index (χ1) is 7.56. The number of nitriles is 1. The minimum atomic E-state index is -0.959. The number of hydrogen-bond acceptors (Lipinski definition) is 3. The lowest BCUT2D eigenvalue weighted by atomic mass is 10.0. The molecule has 0 N–H and O–H groups in total. The Labute approximate surface area is 95.7 Å². The summed E-state index contributed by atoms with van der Waals surface area (Å²) in [5.74, 6) is -0.256. The number of rotatable bonds is 4. The minimum Gasteiger partial charge on any atom is -0.351 e. The maximum Gasteiger partial charge on any atom is 0.201 e. The Morgan fingerprint density at radius 1 is 1.44 bits per heavy atom. The lowest BCUT2D eigenvalue weighted by Crippen LogP contribution is -2.19. The van der Waals surface area contributed by atoms with Crippen molar-refractivity contribution in [3.63, 3.8) is 0 Å². The molecule has 0 saturated heterocycles. The lowest BCUT2D eigenvalue weighted by Gasteiger charge is -2.12. The monoisotopic (exact) mass is 217 g/mol. The number of carbonyl (C=O) groups is 1. The molecule has 0 aliphatic rings. The van der Waals surface area contributed by atoms with Gasteiger partial charge in [0, 0.05) is 0 Å². The van der Waals surface area contributed by atoms with Gasteiger partial charge in [-0.15, -0.1) is 0 Å². The number of hydrogen-bond donors (Lipinski definition) is 0. The van der Waals surface area contributed by atoms with E-state index in [0.29, 0.717) is 6.61 Å². The fourth-order valence-electron chi connectivity index (χ4n) is 1.49. The van der Waals surface area contributed by atoms with Gasteiger partial charge in [-0.1, -0.05) is 18.2 Å². The van der Waals surface area contributed by atoms with Gasteiger partial charge in [0.15, 0.2) is 5.78 Å². The molecule has 0 saturated carbocycles. The summed E-state index contributed by atoms with van der Waals surface area (Å²) in [6.45, 7) is 5.64. The van der Waals surface area contributed by atoms with Gasteiger partial charge in [0.25, 0.3) is 0 Å². The van der Waals surface area contributed by atoms with Crippen LogP contribution in [0.4, 0.5) is 0 Å². The molecule has 1 atom stereocenters. The molecule has 0 aliphatic heterocycles. The average Bonchev–Trinajstić information content (AvgIpc) is 2.22. The maximum atomic E-state index is 11.0. The molecular weight excluding hydrogens is 202 g/mol. The Morgan fingerprint density at radius 3 is 2.44 bits per heavy atom. The summed E-state index contributed by atoms with van der Waals surface area (Å²) in [4.78, 5) is 11.0. The summed E-state index contributed by atoms with van der Waals surface area (Å²) in [6, 6.07) is 7.79. The Balaban J connectivity index is 2.75. The van der Waals surface area contributed by atoms with E-state index in [0.717, 1.165) is 16.7 Å². The van der Waals surface area contributed by atoms with Gasteiger partial charge in [-0.05, 0) is 37.5 Å². The van der Waals surface area contributed by atoms with Crippen LogP contribution in [0.25, 0.3) is 0 Å². The van der Waals surface area contributed by atoms with Crippen LogP contribution < -0.4 is 0 Å². The van der Waals surface area contributed by atoms with Gasteiger partial charge in [-0.3, -0.25) is 4.79 Å². The molecule has 0 amide bonds. The summed E-state index contributed by atoms with van der Waals surface area (Å²) in [5.41, 5.74) is 3.27. The third-order valence-corrected chi connectivity index (χ3v) is 2.53. The molecular formula is C13H15NO2. The van der Waals surface area contributed by atoms with E-state index >= 15 is 0 Å². The van der Waals surface area contributed by atoms with E-state index in [9.17, 15) is 4.79 Å². The van der Waals surface area contributed by atoms with Crippen LogP contribution in [0.3, 0.4) is 0 Å². The summed E-state index contributed by atoms with van der Waals surface area (Å²) in [7, 11) is 0. The molecule has 0 aromatic heterocycles. The molecule has 1 aromatic rings. The van der Waals surface area contributed by atoms with Gasteiger partial charge in [-0.25, -0.2) is 0 Å². The molecule has 16 heavy (non-hydrogen) atoms. The molecule has 0 heterocycles. The number of benzene rings is 1. The van der Waals surface area contributed by atoms with Crippen molar-refractivity contribution in [2.24, 2.45) is 0 Å². The van der Waals surface area contributed by atoms with Crippen LogP contribution >= 0.6 is 0 Å². The highest BCUT2D eigenvalue weighted by Crippen LogP contribution is 2.15. The summed E-state index contributed by atoms with van der Waals surface area (Å²) >= 11 is 0. The summed E-state index contributed by atoms with van der Waals surface area (Å²) in [5, 5.41) is 8.72. The zero-order valence-corrected chi connectivity index (χ0v) is 9.78. The van der Waals surface area contributed by atoms with Gasteiger partial charge in [0.05, 0.1) is 6.61 Å². The average molecular weight is 217 g/mol. The number of carbonyl (C=O) groups excluding carboxylic acids is 1. The Kier molecular flexibility index (Phi) is 4.21. The predicted octanol–water partition coefficient (Wildman–Crippen LogP) is 2.30. The first-order valence-electron chi connectivity index (χ1n) is 5.13. The third-order valence-electron chi connectivity index (χ3n) is 2.53. The topological polar surface area (TPSA) is 50.1 Å². The van der Waals surface area contributed by atoms with E-state index in [2.05, 4.69) is 0 Å². The quantitative estimate of drug-likeness (QED) is 0.777. The molecule has 84 valence electrons. The van der Waals surface area contributed by atoms with Crippen molar-refractivity contribution < 1.29 is 9.53 Å². The fourth-order valence-corrected chi connectivity index (χ4v) is 1.49. The molecule has 0 fully saturated rings. The van der Waals surface area contributed by atoms with Crippen LogP contribution in [0.5, 0.6) is 0 Å². The first kappa shape index (κ1) is 12.4. The second-order valence-electron chi connectivity index (χ2n) is 3.80. The highest BCUT2D eigenvalue weighted by atomic mass is 16.5. The first-order valence-corrected chi connectivity index (χ1v) is 5.13. The second kappa shape index (κ2) is 5.43. The third kappa shape index (κ3) is 2.91. The minimum absolute atomic E-state index is 0.256. The number of aryl methyl sites for hydroxylation is 2. The van der Waals surface area contributed by atoms with Gasteiger partial charge in [-0.2, -0.15) is 5.26 Å². The van der Waals surface area contributed by atoms with Crippen molar-refractivity contribution in [2.75, 3.05) is 0 Å². The summed E-state index contributed by atoms with van der Waals surface area (Å²) < 4.78 is 5.29. The zero-order valence-electron chi connectivity index (χ0n) is 9.78. The van der Waals surface area contributed by atoms with Crippen LogP contribution in [0, 0.1) is 25.2 Å². The van der Waals surface area contributed by atoms with Crippen LogP contribution in [0.1, 0.15) is 23.6 Å². The largest absolute Gasteiger partial charge is 0.351 e. The van der Waals surface area contributed by atoms with E-state index in [1.807, 2.05) is 38.1 Å². The van der Waals surface area contributed by atoms with Gasteiger partial charge < -0.3 is 4.74 Å². The smallest absolute Gasteiger partial charge is 0.201 e. The molecule has 3 heteroatoms. The molecule has 1 rings (SSSR count). The molecule has 0 spiro atoms. The number of nitrogens with zero attached hydrogens (tertiary/aromatic N) is 1. The van der Waals surface area contributed by atoms with Gasteiger partial charge in [0.1, 0.15) is 6.07 Å². The van der Waals surface area contributed by atoms with Crippen LogP contribution in [-0.2, 0) is 16.1 Å². The SMILES string of the molecule is CC(=O)C(C#N)OCc1c(C)cccc1C. The van der Waals surface area contributed by atoms with Crippen molar-refractivity contribution in [2.45, 2.75) is 33.5 Å². The normalized spacial score (nSPS) is 11.9. The van der Waals surface area contributed by atoms with E-state index in [1.54, 1.807) is 0 Å². The molecule has 0 bridgehead atoms. The Hall–Kier alpha value is -1.66. The number of ketones is 1. The molecule has 1 unspecified atom stereocenters. The lowest BCUT2D eigenvalue weighted by molar-refractivity contribution is -0.125. The van der Waals surface area contributed by atoms with E-state index in [4.69, 9.17) is 10.00 Å². The Bertz CT molecular complexity index is 412. The zero-order chi connectivity index (χ0) is 12.1. The second-order valence-corrected chi connectivity index (χ2v) is 3.80. The fraction of sp³-hybridized carbons (Fsp3) is 0.385. The highest BCUT2D eigenvalue weighted by Gasteiger charge is 2.14. The van der Waals surface area contributed by atoms with Crippen molar-refractivity contribution in [3.8, 4) is 6.07 Å². The molecule has 1 aromatic carbocycles. The van der Waals surface area contributed by atoms with Crippen molar-refractivity contribution >= 4 is 5.78 Å². The van der Waals surface area contributed by atoms with E-state index in [-0.39, 0.29) is 5.78 Å². The van der Waals surface area contributed by atoms with Crippen molar-refractivity contribution in [3.05, 3.63) is 34.9 Å². The molecule has 0 radical (unpaired) electrons. The van der Waals surface area contributed by atoms with Crippen LogP contribution in [-0.4, -0.2) is 11.9 Å². The maximum absolute atomic E-state index is 11.0. The van der Waals surface area contributed by atoms with Gasteiger partial charge in [0.2, 0.25) is 6.10 Å². The van der Waals surface area contributed by atoms with Crippen molar-refractivity contribution in [1.29, 1.82) is 5.26 Å². The van der Waals surface area contributed by atoms with E-state index < -0.39 is 6.10 Å². The van der Waals surface area contributed by atoms with Crippen molar-refractivity contribution in [1.82, 2.24) is 0 Å². The number of Topliss-reactive ketones (excluding diaryl/α,β-unsaturated/α-hetero) is 1. The van der Waals surface area contributed by atoms with Gasteiger partial charge >= 0.3 is 0 Å². The van der Waals surface area contributed by atoms with E-state index in [1.165, 1.54) is 6.92 Å². The molecule has 0 aliphatic carbocycles. The molecule has 3 nitrogen and oxygen atoms in total. The summed E-state index contributed by atoms with van der Waals surface area (Å²) in [6.07, 6.45) is -0.959. The highest BCUT2D eigenvalue weighted by molar-refractivity contribution is 5.83.